The predicted octanol–water partition coefficient (Wildman–Crippen LogP) is 2.98. The second-order valence-corrected chi connectivity index (χ2v) is 7.24. The van der Waals surface area contributed by atoms with E-state index in [0.717, 1.165) is 0 Å². The monoisotopic (exact) mass is 226 g/mol. The number of hydrogen-bond donors (Lipinski definition) is 0. The van der Waals surface area contributed by atoms with Crippen molar-refractivity contribution in [2.24, 2.45) is 0 Å². The lowest BCUT2D eigenvalue weighted by atomic mass is 9.99. The van der Waals surface area contributed by atoms with E-state index in [1.165, 1.54) is 13.0 Å². The lowest BCUT2D eigenvalue weighted by Gasteiger charge is -2.42. The van der Waals surface area contributed by atoms with E-state index < -0.39 is 0 Å². The summed E-state index contributed by atoms with van der Waals surface area (Å²) in [7, 11) is 2.27. The molecular weight excluding hydrogens is 196 g/mol. The molecule has 1 rings (SSSR count). The molecule has 0 bridgehead atoms. The number of likely N-dealkylation sites (tertiary alicyclic amines) is 1. The van der Waals surface area contributed by atoms with Gasteiger partial charge in [-0.05, 0) is 61.9 Å². The Morgan fingerprint density at radius 3 is 1.88 bits per heavy atom. The van der Waals surface area contributed by atoms with E-state index in [-0.39, 0.29) is 5.54 Å². The topological polar surface area (TPSA) is 6.48 Å². The SMILES string of the molecule is CC1C(N(C)C(C)(C)C)CCN1C(C)(C)C. The van der Waals surface area contributed by atoms with Crippen LogP contribution >= 0.6 is 0 Å². The van der Waals surface area contributed by atoms with Crippen LogP contribution in [-0.2, 0) is 0 Å². The highest BCUT2D eigenvalue weighted by Gasteiger charge is 2.40. The summed E-state index contributed by atoms with van der Waals surface area (Å²) >= 11 is 0. The lowest BCUT2D eigenvalue weighted by Crippen LogP contribution is -2.52. The van der Waals surface area contributed by atoms with E-state index in [4.69, 9.17) is 0 Å². The molecule has 2 atom stereocenters. The Morgan fingerprint density at radius 2 is 1.56 bits per heavy atom. The van der Waals surface area contributed by atoms with Crippen LogP contribution in [0.4, 0.5) is 0 Å². The van der Waals surface area contributed by atoms with Gasteiger partial charge in [0.2, 0.25) is 0 Å². The zero-order chi connectivity index (χ0) is 12.7. The Labute approximate surface area is 102 Å². The summed E-state index contributed by atoms with van der Waals surface area (Å²) in [6.45, 7) is 17.5. The number of nitrogens with zero attached hydrogens (tertiary/aromatic N) is 2. The molecule has 0 amide bonds. The fourth-order valence-corrected chi connectivity index (χ4v) is 2.88. The van der Waals surface area contributed by atoms with Crippen molar-refractivity contribution in [3.63, 3.8) is 0 Å². The summed E-state index contributed by atoms with van der Waals surface area (Å²) in [5.41, 5.74) is 0.569. The van der Waals surface area contributed by atoms with Crippen LogP contribution in [0.25, 0.3) is 0 Å². The van der Waals surface area contributed by atoms with Gasteiger partial charge in [0.25, 0.3) is 0 Å². The van der Waals surface area contributed by atoms with E-state index in [1.807, 2.05) is 0 Å². The van der Waals surface area contributed by atoms with Crippen molar-refractivity contribution in [1.82, 2.24) is 9.80 Å². The second kappa shape index (κ2) is 4.30. The largest absolute Gasteiger partial charge is 0.297 e. The third-order valence-electron chi connectivity index (χ3n) is 4.13. The molecule has 0 spiro atoms. The third kappa shape index (κ3) is 2.78. The third-order valence-corrected chi connectivity index (χ3v) is 4.13. The van der Waals surface area contributed by atoms with Gasteiger partial charge < -0.3 is 0 Å². The van der Waals surface area contributed by atoms with E-state index in [9.17, 15) is 0 Å². The second-order valence-electron chi connectivity index (χ2n) is 7.24. The van der Waals surface area contributed by atoms with Gasteiger partial charge in [-0.3, -0.25) is 9.80 Å². The molecule has 0 N–H and O–H groups in total. The summed E-state index contributed by atoms with van der Waals surface area (Å²) in [6, 6.07) is 1.35. The van der Waals surface area contributed by atoms with E-state index in [2.05, 4.69) is 65.3 Å². The maximum Gasteiger partial charge on any atom is 0.0263 e. The smallest absolute Gasteiger partial charge is 0.0263 e. The fourth-order valence-electron chi connectivity index (χ4n) is 2.88. The van der Waals surface area contributed by atoms with Crippen LogP contribution in [0.5, 0.6) is 0 Å². The van der Waals surface area contributed by atoms with Gasteiger partial charge in [-0.1, -0.05) is 0 Å². The fraction of sp³-hybridized carbons (Fsp3) is 1.00. The van der Waals surface area contributed by atoms with E-state index >= 15 is 0 Å². The highest BCUT2D eigenvalue weighted by molar-refractivity contribution is 4.97. The molecule has 0 aliphatic carbocycles. The molecule has 1 fully saturated rings. The molecule has 1 saturated heterocycles. The van der Waals surface area contributed by atoms with E-state index in [0.29, 0.717) is 17.6 Å². The van der Waals surface area contributed by atoms with Gasteiger partial charge in [0, 0.05) is 29.7 Å². The van der Waals surface area contributed by atoms with Crippen LogP contribution in [0.2, 0.25) is 0 Å². The summed E-state index contributed by atoms with van der Waals surface area (Å²) in [5.74, 6) is 0. The molecule has 1 aliphatic heterocycles. The standard InChI is InChI=1S/C14H30N2/c1-11-12(15(8)13(2,3)4)9-10-16(11)14(5,6)7/h11-12H,9-10H2,1-8H3. The van der Waals surface area contributed by atoms with Crippen LogP contribution in [0.1, 0.15) is 54.9 Å². The van der Waals surface area contributed by atoms with Crippen molar-refractivity contribution in [2.75, 3.05) is 13.6 Å². The first kappa shape index (κ1) is 14.0. The number of hydrogen-bond acceptors (Lipinski definition) is 2. The zero-order valence-corrected chi connectivity index (χ0v) is 12.5. The van der Waals surface area contributed by atoms with Crippen molar-refractivity contribution in [3.8, 4) is 0 Å². The van der Waals surface area contributed by atoms with Crippen molar-refractivity contribution in [1.29, 1.82) is 0 Å². The summed E-state index contributed by atoms with van der Waals surface area (Å²) < 4.78 is 0. The Kier molecular flexibility index (Phi) is 3.76. The molecule has 0 aromatic heterocycles. The van der Waals surface area contributed by atoms with Crippen LogP contribution in [0.15, 0.2) is 0 Å². The minimum atomic E-state index is 0.271. The Morgan fingerprint density at radius 1 is 1.06 bits per heavy atom. The zero-order valence-electron chi connectivity index (χ0n) is 12.5. The molecule has 1 aliphatic rings. The molecule has 0 aromatic rings. The first-order valence-electron chi connectivity index (χ1n) is 6.55. The van der Waals surface area contributed by atoms with Crippen LogP contribution < -0.4 is 0 Å². The van der Waals surface area contributed by atoms with Crippen molar-refractivity contribution in [2.45, 2.75) is 78.0 Å². The molecule has 2 heteroatoms. The number of rotatable bonds is 1. The van der Waals surface area contributed by atoms with Crippen molar-refractivity contribution < 1.29 is 0 Å². The quantitative estimate of drug-likeness (QED) is 0.678. The van der Waals surface area contributed by atoms with Gasteiger partial charge in [0.1, 0.15) is 0 Å². The Bertz CT molecular complexity index is 234. The Balaban J connectivity index is 2.75. The average molecular weight is 226 g/mol. The first-order chi connectivity index (χ1) is 7.05. The lowest BCUT2D eigenvalue weighted by molar-refractivity contribution is 0.0625. The van der Waals surface area contributed by atoms with Gasteiger partial charge in [0.15, 0.2) is 0 Å². The van der Waals surface area contributed by atoms with Crippen LogP contribution in [-0.4, -0.2) is 46.6 Å². The van der Waals surface area contributed by atoms with Gasteiger partial charge >= 0.3 is 0 Å². The molecular formula is C14H30N2. The summed E-state index contributed by atoms with van der Waals surface area (Å²) in [4.78, 5) is 5.18. The molecule has 16 heavy (non-hydrogen) atoms. The van der Waals surface area contributed by atoms with Crippen molar-refractivity contribution >= 4 is 0 Å². The van der Waals surface area contributed by atoms with E-state index in [1.54, 1.807) is 0 Å². The van der Waals surface area contributed by atoms with Gasteiger partial charge in [-0.15, -0.1) is 0 Å². The molecule has 0 aromatic carbocycles. The molecule has 96 valence electrons. The predicted molar refractivity (Wildman–Crippen MR) is 71.8 cm³/mol. The maximum absolute atomic E-state index is 2.64. The van der Waals surface area contributed by atoms with Gasteiger partial charge in [-0.25, -0.2) is 0 Å². The molecule has 0 radical (unpaired) electrons. The summed E-state index contributed by atoms with van der Waals surface area (Å²) in [5, 5.41) is 0. The molecule has 2 nitrogen and oxygen atoms in total. The number of likely N-dealkylation sites (N-methyl/N-ethyl adjacent to an activating group) is 1. The molecule has 2 unspecified atom stereocenters. The summed E-state index contributed by atoms with van der Waals surface area (Å²) in [6.07, 6.45) is 1.30. The van der Waals surface area contributed by atoms with Gasteiger partial charge in [-0.2, -0.15) is 0 Å². The average Bonchev–Trinajstić information content (AvgIpc) is 2.42. The van der Waals surface area contributed by atoms with Gasteiger partial charge in [0.05, 0.1) is 0 Å². The normalized spacial score (nSPS) is 29.1. The maximum atomic E-state index is 2.64. The van der Waals surface area contributed by atoms with Crippen molar-refractivity contribution in [3.05, 3.63) is 0 Å². The minimum Gasteiger partial charge on any atom is -0.297 e. The van der Waals surface area contributed by atoms with Crippen LogP contribution in [0, 0.1) is 0 Å². The van der Waals surface area contributed by atoms with Crippen LogP contribution in [0.3, 0.4) is 0 Å². The minimum absolute atomic E-state index is 0.271. The molecule has 0 saturated carbocycles. The highest BCUT2D eigenvalue weighted by atomic mass is 15.3. The first-order valence-corrected chi connectivity index (χ1v) is 6.55. The Hall–Kier alpha value is -0.0800. The molecule has 1 heterocycles. The highest BCUT2D eigenvalue weighted by Crippen LogP contribution is 2.31.